The van der Waals surface area contributed by atoms with Crippen LogP contribution in [-0.4, -0.2) is 67.9 Å². The molecule has 0 aliphatic carbocycles. The molecule has 7 heteroatoms. The van der Waals surface area contributed by atoms with Crippen LogP contribution in [0.1, 0.15) is 31.9 Å². The lowest BCUT2D eigenvalue weighted by atomic mass is 9.78. The molecule has 1 fully saturated rings. The van der Waals surface area contributed by atoms with Gasteiger partial charge < -0.3 is 19.9 Å². The highest BCUT2D eigenvalue weighted by molar-refractivity contribution is 14.1. The van der Waals surface area contributed by atoms with Crippen molar-refractivity contribution < 1.29 is 14.6 Å². The van der Waals surface area contributed by atoms with Gasteiger partial charge in [0.1, 0.15) is 24.2 Å². The van der Waals surface area contributed by atoms with Crippen molar-refractivity contribution in [2.45, 2.75) is 32.3 Å². The molecule has 1 aliphatic rings. The predicted octanol–water partition coefficient (Wildman–Crippen LogP) is 4.52. The van der Waals surface area contributed by atoms with Crippen molar-refractivity contribution in [2.75, 3.05) is 51.8 Å². The van der Waals surface area contributed by atoms with E-state index in [1.807, 2.05) is 12.1 Å². The highest BCUT2D eigenvalue weighted by Gasteiger charge is 2.24. The summed E-state index contributed by atoms with van der Waals surface area (Å²) >= 11 is 8.23. The molecular weight excluding hydrogens is 551 g/mol. The van der Waals surface area contributed by atoms with Crippen LogP contribution in [0.4, 0.5) is 0 Å². The lowest BCUT2D eigenvalue weighted by Crippen LogP contribution is -2.47. The van der Waals surface area contributed by atoms with Gasteiger partial charge in [0.15, 0.2) is 0 Å². The van der Waals surface area contributed by atoms with Gasteiger partial charge in [-0.15, -0.1) is 11.6 Å². The van der Waals surface area contributed by atoms with E-state index in [0.717, 1.165) is 41.2 Å². The molecule has 182 valence electrons. The van der Waals surface area contributed by atoms with Crippen LogP contribution in [0, 0.1) is 9.49 Å². The Hall–Kier alpha value is -1.06. The van der Waals surface area contributed by atoms with E-state index < -0.39 is 6.10 Å². The Balaban J connectivity index is 1.57. The van der Waals surface area contributed by atoms with Crippen molar-refractivity contribution in [3.05, 3.63) is 57.2 Å². The van der Waals surface area contributed by atoms with Gasteiger partial charge in [0.25, 0.3) is 0 Å². The first-order valence-corrected chi connectivity index (χ1v) is 13.2. The monoisotopic (exact) mass is 586 g/mol. The fourth-order valence-corrected chi connectivity index (χ4v) is 4.61. The van der Waals surface area contributed by atoms with E-state index in [-0.39, 0.29) is 5.41 Å². The van der Waals surface area contributed by atoms with E-state index in [4.69, 9.17) is 21.1 Å². The molecule has 2 N–H and O–H groups in total. The summed E-state index contributed by atoms with van der Waals surface area (Å²) in [5.74, 6) is 2.59. The average Bonchev–Trinajstić information content (AvgIpc) is 2.82. The summed E-state index contributed by atoms with van der Waals surface area (Å²) in [7, 11) is 0. The van der Waals surface area contributed by atoms with Crippen LogP contribution in [0.5, 0.6) is 11.5 Å². The number of aliphatic hydroxyl groups excluding tert-OH is 1. The number of β-amino-alcohol motifs (C(OH)–C–C–N with tert-alkyl or cyclic N) is 1. The van der Waals surface area contributed by atoms with Crippen molar-refractivity contribution in [3.8, 4) is 11.5 Å². The van der Waals surface area contributed by atoms with Crippen LogP contribution < -0.4 is 14.8 Å². The van der Waals surface area contributed by atoms with Gasteiger partial charge in [0, 0.05) is 49.9 Å². The molecular formula is C26H36ClIN2O3. The van der Waals surface area contributed by atoms with Crippen LogP contribution in [0.3, 0.4) is 0 Å². The van der Waals surface area contributed by atoms with Gasteiger partial charge in [-0.1, -0.05) is 39.0 Å². The number of halogens is 2. The summed E-state index contributed by atoms with van der Waals surface area (Å²) < 4.78 is 12.9. The standard InChI is InChI=1S/C26H36ClIN2O3/c1-19(15-27)17-33-25-9-6-21(14-24(25)28)26(2,3)20-4-7-23(8-5-20)32-18-22(31)16-30-12-10-29-11-13-30/h4-9,14,19,22,29,31H,10-13,15-18H2,1-3H3/t19-,22+/m0/s1. The summed E-state index contributed by atoms with van der Waals surface area (Å²) in [6, 6.07) is 14.6. The smallest absolute Gasteiger partial charge is 0.132 e. The predicted molar refractivity (Wildman–Crippen MR) is 144 cm³/mol. The molecule has 0 saturated carbocycles. The minimum atomic E-state index is -0.491. The van der Waals surface area contributed by atoms with Crippen LogP contribution in [0.15, 0.2) is 42.5 Å². The number of ether oxygens (including phenoxy) is 2. The number of hydrogen-bond donors (Lipinski definition) is 2. The van der Waals surface area contributed by atoms with E-state index in [9.17, 15) is 5.11 Å². The van der Waals surface area contributed by atoms with Gasteiger partial charge in [-0.2, -0.15) is 0 Å². The molecule has 2 aromatic rings. The van der Waals surface area contributed by atoms with Crippen LogP contribution in [0.2, 0.25) is 0 Å². The lowest BCUT2D eigenvalue weighted by molar-refractivity contribution is 0.0641. The molecule has 3 rings (SSSR count). The zero-order valence-corrected chi connectivity index (χ0v) is 22.7. The quantitative estimate of drug-likeness (QED) is 0.300. The highest BCUT2D eigenvalue weighted by Crippen LogP contribution is 2.35. The Labute approximate surface area is 216 Å². The lowest BCUT2D eigenvalue weighted by Gasteiger charge is -2.29. The summed E-state index contributed by atoms with van der Waals surface area (Å²) in [4.78, 5) is 2.27. The third kappa shape index (κ3) is 7.72. The fraction of sp³-hybridized carbons (Fsp3) is 0.538. The van der Waals surface area contributed by atoms with E-state index >= 15 is 0 Å². The first-order valence-electron chi connectivity index (χ1n) is 11.6. The number of hydrogen-bond acceptors (Lipinski definition) is 5. The first kappa shape index (κ1) is 26.5. The molecule has 0 bridgehead atoms. The van der Waals surface area contributed by atoms with Crippen molar-refractivity contribution in [2.24, 2.45) is 5.92 Å². The summed E-state index contributed by atoms with van der Waals surface area (Å²) in [6.07, 6.45) is -0.491. The minimum Gasteiger partial charge on any atom is -0.492 e. The van der Waals surface area contributed by atoms with Gasteiger partial charge in [0.05, 0.1) is 10.2 Å². The van der Waals surface area contributed by atoms with Crippen LogP contribution in [0.25, 0.3) is 0 Å². The first-order chi connectivity index (χ1) is 15.8. The van der Waals surface area contributed by atoms with Gasteiger partial charge >= 0.3 is 0 Å². The number of nitrogens with one attached hydrogen (secondary N) is 1. The normalized spacial score (nSPS) is 16.9. The maximum Gasteiger partial charge on any atom is 0.132 e. The van der Waals surface area contributed by atoms with E-state index in [1.54, 1.807) is 0 Å². The van der Waals surface area contributed by atoms with Crippen LogP contribution >= 0.6 is 34.2 Å². The summed E-state index contributed by atoms with van der Waals surface area (Å²) in [5.41, 5.74) is 2.27. The zero-order chi connectivity index (χ0) is 23.8. The van der Waals surface area contributed by atoms with Crippen molar-refractivity contribution in [1.29, 1.82) is 0 Å². The third-order valence-electron chi connectivity index (χ3n) is 6.14. The van der Waals surface area contributed by atoms with E-state index in [0.29, 0.717) is 31.6 Å². The van der Waals surface area contributed by atoms with E-state index in [1.165, 1.54) is 11.1 Å². The number of alkyl halides is 1. The third-order valence-corrected chi connectivity index (χ3v) is 7.51. The topological polar surface area (TPSA) is 54.0 Å². The molecule has 1 heterocycles. The second kappa shape index (κ2) is 12.6. The Morgan fingerprint density at radius 3 is 2.36 bits per heavy atom. The number of rotatable bonds is 11. The van der Waals surface area contributed by atoms with Gasteiger partial charge in [-0.05, 0) is 58.0 Å². The largest absolute Gasteiger partial charge is 0.492 e. The van der Waals surface area contributed by atoms with Crippen molar-refractivity contribution in [3.63, 3.8) is 0 Å². The van der Waals surface area contributed by atoms with Crippen molar-refractivity contribution >= 4 is 34.2 Å². The second-order valence-electron chi connectivity index (χ2n) is 9.38. The Bertz CT molecular complexity index is 872. The summed E-state index contributed by atoms with van der Waals surface area (Å²) in [6.45, 7) is 12.0. The molecule has 2 atom stereocenters. The molecule has 0 radical (unpaired) electrons. The van der Waals surface area contributed by atoms with Gasteiger partial charge in [-0.3, -0.25) is 4.90 Å². The highest BCUT2D eigenvalue weighted by atomic mass is 127. The SMILES string of the molecule is C[C@@H](CCl)COc1ccc(C(C)(C)c2ccc(OC[C@H](O)CN3CCNCC3)cc2)cc1I. The fourth-order valence-electron chi connectivity index (χ4n) is 3.85. The zero-order valence-electron chi connectivity index (χ0n) is 19.8. The Morgan fingerprint density at radius 1 is 1.06 bits per heavy atom. The van der Waals surface area contributed by atoms with E-state index in [2.05, 4.69) is 83.9 Å². The molecule has 0 amide bonds. The molecule has 5 nitrogen and oxygen atoms in total. The van der Waals surface area contributed by atoms with Gasteiger partial charge in [-0.25, -0.2) is 0 Å². The van der Waals surface area contributed by atoms with Gasteiger partial charge in [0.2, 0.25) is 0 Å². The molecule has 0 unspecified atom stereocenters. The number of nitrogens with zero attached hydrogens (tertiary/aromatic N) is 1. The molecule has 0 spiro atoms. The van der Waals surface area contributed by atoms with Crippen LogP contribution in [-0.2, 0) is 5.41 Å². The Morgan fingerprint density at radius 2 is 1.73 bits per heavy atom. The van der Waals surface area contributed by atoms with Crippen molar-refractivity contribution in [1.82, 2.24) is 10.2 Å². The number of benzene rings is 2. The maximum atomic E-state index is 10.3. The second-order valence-corrected chi connectivity index (χ2v) is 10.9. The number of aliphatic hydroxyl groups is 1. The average molecular weight is 587 g/mol. The minimum absolute atomic E-state index is 0.164. The molecule has 1 saturated heterocycles. The molecule has 0 aromatic heterocycles. The summed E-state index contributed by atoms with van der Waals surface area (Å²) in [5, 5.41) is 13.6. The molecule has 2 aromatic carbocycles. The number of piperazine rings is 1. The Kier molecular flexibility index (Phi) is 10.1. The maximum absolute atomic E-state index is 10.3. The molecule has 1 aliphatic heterocycles. The molecule has 33 heavy (non-hydrogen) atoms.